The van der Waals surface area contributed by atoms with Crippen LogP contribution < -0.4 is 30.2 Å². The summed E-state index contributed by atoms with van der Waals surface area (Å²) >= 11 is 3.76. The normalized spacial score (nSPS) is 15.2. The van der Waals surface area contributed by atoms with Gasteiger partial charge in [-0.05, 0) is 83.2 Å². The number of rotatable bonds is 2. The average Bonchev–Trinajstić information content (AvgIpc) is 3.72. The van der Waals surface area contributed by atoms with Crippen LogP contribution in [0.25, 0.3) is 11.1 Å². The van der Waals surface area contributed by atoms with Gasteiger partial charge in [-0.2, -0.15) is 0 Å². The van der Waals surface area contributed by atoms with Crippen LogP contribution in [-0.4, -0.2) is 14.0 Å². The maximum Gasteiger partial charge on any atom is 0.421 e. The van der Waals surface area contributed by atoms with Crippen LogP contribution in [0.15, 0.2) is 177 Å². The number of hydrogen-bond donors (Lipinski definition) is 0. The Hall–Kier alpha value is -5.43. The van der Waals surface area contributed by atoms with E-state index in [1.807, 2.05) is 23.5 Å². The molecule has 232 valence electrons. The molecular formula is C42H26B2N4S2. The molecule has 0 amide bonds. The molecule has 0 aliphatic carbocycles. The predicted octanol–water partition coefficient (Wildman–Crippen LogP) is 9.97. The van der Waals surface area contributed by atoms with Crippen molar-refractivity contribution in [3.63, 3.8) is 0 Å². The first-order chi connectivity index (χ1) is 24.8. The second-order valence-corrected chi connectivity index (χ2v) is 15.5. The minimum Gasteiger partial charge on any atom is -0.360 e. The van der Waals surface area contributed by atoms with Crippen molar-refractivity contribution in [1.82, 2.24) is 0 Å². The Morgan fingerprint density at radius 2 is 0.900 bits per heavy atom. The molecule has 5 aliphatic heterocycles. The van der Waals surface area contributed by atoms with E-state index in [0.29, 0.717) is 0 Å². The van der Waals surface area contributed by atoms with Gasteiger partial charge in [0.25, 0.3) is 0 Å². The number of para-hydroxylation sites is 6. The van der Waals surface area contributed by atoms with Crippen LogP contribution in [0.3, 0.4) is 0 Å². The van der Waals surface area contributed by atoms with Crippen LogP contribution >= 0.6 is 23.5 Å². The molecule has 0 saturated carbocycles. The van der Waals surface area contributed by atoms with Crippen molar-refractivity contribution < 1.29 is 0 Å². The molecule has 0 unspecified atom stereocenters. The lowest BCUT2D eigenvalue weighted by molar-refractivity contribution is 1.24. The van der Waals surface area contributed by atoms with Crippen LogP contribution in [0.5, 0.6) is 0 Å². The molecule has 0 N–H and O–H groups in total. The smallest absolute Gasteiger partial charge is 0.360 e. The minimum atomic E-state index is -0.0643. The van der Waals surface area contributed by atoms with Crippen molar-refractivity contribution in [2.45, 2.75) is 19.6 Å². The lowest BCUT2D eigenvalue weighted by Gasteiger charge is -2.38. The Morgan fingerprint density at radius 3 is 1.60 bits per heavy atom. The summed E-state index contributed by atoms with van der Waals surface area (Å²) in [5.41, 5.74) is 15.3. The van der Waals surface area contributed by atoms with Crippen LogP contribution in [0.4, 0.5) is 45.5 Å². The van der Waals surface area contributed by atoms with Gasteiger partial charge >= 0.3 is 14.0 Å². The highest BCUT2D eigenvalue weighted by Crippen LogP contribution is 2.60. The molecule has 50 heavy (non-hydrogen) atoms. The Labute approximate surface area is 300 Å². The summed E-state index contributed by atoms with van der Waals surface area (Å²) in [6.07, 6.45) is 0. The number of anilines is 8. The van der Waals surface area contributed by atoms with Gasteiger partial charge in [0.05, 0.1) is 22.7 Å². The van der Waals surface area contributed by atoms with Crippen molar-refractivity contribution in [2.24, 2.45) is 0 Å². The molecule has 12 rings (SSSR count). The molecule has 0 atom stereocenters. The van der Waals surface area contributed by atoms with E-state index in [1.54, 1.807) is 0 Å². The molecule has 0 bridgehead atoms. The number of hydrogen-bond acceptors (Lipinski definition) is 6. The van der Waals surface area contributed by atoms with Crippen LogP contribution in [-0.2, 0) is 0 Å². The molecule has 0 radical (unpaired) electrons. The van der Waals surface area contributed by atoms with E-state index in [0.717, 1.165) is 0 Å². The van der Waals surface area contributed by atoms with Gasteiger partial charge in [-0.3, -0.25) is 0 Å². The van der Waals surface area contributed by atoms with E-state index in [-0.39, 0.29) is 14.0 Å². The summed E-state index contributed by atoms with van der Waals surface area (Å²) in [5.74, 6) is 0. The fourth-order valence-corrected chi connectivity index (χ4v) is 11.0. The molecule has 8 heteroatoms. The third-order valence-corrected chi connectivity index (χ3v) is 13.0. The number of fused-ring (bicyclic) bond motifs is 12. The number of benzene rings is 7. The fourth-order valence-electron chi connectivity index (χ4n) is 8.84. The quantitative estimate of drug-likeness (QED) is 0.169. The molecule has 0 aromatic heterocycles. The molecule has 7 aromatic rings. The highest BCUT2D eigenvalue weighted by Gasteiger charge is 2.52. The monoisotopic (exact) mass is 672 g/mol. The summed E-state index contributed by atoms with van der Waals surface area (Å²) in [6.45, 7) is -0.0533. The Kier molecular flexibility index (Phi) is 5.52. The fraction of sp³-hybridized carbons (Fsp3) is 0. The highest BCUT2D eigenvalue weighted by atomic mass is 32.2. The second-order valence-electron chi connectivity index (χ2n) is 13.3. The maximum absolute atomic E-state index is 2.59. The first-order valence-corrected chi connectivity index (χ1v) is 18.7. The third-order valence-electron chi connectivity index (χ3n) is 10.8. The van der Waals surface area contributed by atoms with Crippen LogP contribution in [0.1, 0.15) is 0 Å². The van der Waals surface area contributed by atoms with Crippen LogP contribution in [0, 0.1) is 0 Å². The van der Waals surface area contributed by atoms with E-state index in [2.05, 4.69) is 177 Å². The summed E-state index contributed by atoms with van der Waals surface area (Å²) < 4.78 is 0. The Bertz CT molecular complexity index is 2580. The highest BCUT2D eigenvalue weighted by molar-refractivity contribution is 8.00. The van der Waals surface area contributed by atoms with Gasteiger partial charge in [-0.15, -0.1) is 0 Å². The van der Waals surface area contributed by atoms with Gasteiger partial charge in [0.1, 0.15) is 0 Å². The zero-order valence-corrected chi connectivity index (χ0v) is 28.4. The topological polar surface area (TPSA) is 13.0 Å². The van der Waals surface area contributed by atoms with Gasteiger partial charge in [0, 0.05) is 47.9 Å². The van der Waals surface area contributed by atoms with Crippen molar-refractivity contribution in [3.8, 4) is 11.1 Å². The summed E-state index contributed by atoms with van der Waals surface area (Å²) in [4.78, 5) is 15.5. The molecule has 7 aromatic carbocycles. The lowest BCUT2D eigenvalue weighted by atomic mass is 9.56. The lowest BCUT2D eigenvalue weighted by Crippen LogP contribution is -2.58. The first-order valence-electron chi connectivity index (χ1n) is 17.1. The van der Waals surface area contributed by atoms with Gasteiger partial charge < -0.3 is 19.2 Å². The van der Waals surface area contributed by atoms with E-state index in [9.17, 15) is 0 Å². The molecule has 4 nitrogen and oxygen atoms in total. The average molecular weight is 672 g/mol. The SMILES string of the molecule is c1ccc(N2B(c3ccc4c(c3)-c3ccccc3N3B4N4c5ccccc5Sc5cccc3c54)N3c4ccccc4Sc4cccc2c43)cc1. The largest absolute Gasteiger partial charge is 0.421 e. The zero-order valence-electron chi connectivity index (χ0n) is 26.8. The van der Waals surface area contributed by atoms with Crippen molar-refractivity contribution in [1.29, 1.82) is 0 Å². The molecule has 5 aliphatic rings. The van der Waals surface area contributed by atoms with Crippen LogP contribution in [0.2, 0.25) is 0 Å². The van der Waals surface area contributed by atoms with Gasteiger partial charge in [-0.1, -0.05) is 115 Å². The van der Waals surface area contributed by atoms with E-state index in [4.69, 9.17) is 0 Å². The van der Waals surface area contributed by atoms with Crippen molar-refractivity contribution in [3.05, 3.63) is 158 Å². The molecule has 0 fully saturated rings. The molecular weight excluding hydrogens is 646 g/mol. The first kappa shape index (κ1) is 27.4. The summed E-state index contributed by atoms with van der Waals surface area (Å²) in [7, 11) is 0. The van der Waals surface area contributed by atoms with E-state index < -0.39 is 0 Å². The Morgan fingerprint density at radius 1 is 0.360 bits per heavy atom. The van der Waals surface area contributed by atoms with Gasteiger partial charge in [0.15, 0.2) is 0 Å². The third kappa shape index (κ3) is 3.52. The van der Waals surface area contributed by atoms with Gasteiger partial charge in [-0.25, -0.2) is 0 Å². The maximum atomic E-state index is 2.59. The van der Waals surface area contributed by atoms with E-state index in [1.165, 1.54) is 87.1 Å². The molecule has 5 heterocycles. The van der Waals surface area contributed by atoms with Crippen molar-refractivity contribution in [2.75, 3.05) is 19.2 Å². The minimum absolute atomic E-state index is 0.0110. The number of nitrogens with zero attached hydrogens (tertiary/aromatic N) is 4. The summed E-state index contributed by atoms with van der Waals surface area (Å²) in [5, 5.41) is 0. The molecule has 0 saturated heterocycles. The van der Waals surface area contributed by atoms with Gasteiger partial charge in [0.2, 0.25) is 0 Å². The summed E-state index contributed by atoms with van der Waals surface area (Å²) in [6, 6.07) is 58.5. The predicted molar refractivity (Wildman–Crippen MR) is 212 cm³/mol. The molecule has 0 spiro atoms. The second kappa shape index (κ2) is 10.1. The van der Waals surface area contributed by atoms with Crippen molar-refractivity contribution >= 4 is 93.9 Å². The van der Waals surface area contributed by atoms with E-state index >= 15 is 0 Å². The Balaban J connectivity index is 1.10. The zero-order chi connectivity index (χ0) is 32.5. The standard InChI is InChI=1S/C42H26B2N4S2/c1-2-12-28(13-3-1)45-35-18-10-22-39-41(35)47(33-16-6-8-20-37(33)49-39)43(45)27-24-25-31-30(26-27)29-14-4-5-15-32(29)46-36-19-11-23-40-42(36)48(44(31)46)34-17-7-9-21-38(34)50-40/h1-26H.